The topological polar surface area (TPSA) is 81.4 Å². The Morgan fingerprint density at radius 2 is 2.21 bits per heavy atom. The highest BCUT2D eigenvalue weighted by Crippen LogP contribution is 2.31. The van der Waals surface area contributed by atoms with Crippen LogP contribution >= 0.6 is 11.3 Å². The van der Waals surface area contributed by atoms with Crippen LogP contribution in [0.4, 0.5) is 0 Å². The zero-order valence-electron chi connectivity index (χ0n) is 13.7. The Labute approximate surface area is 144 Å². The van der Waals surface area contributed by atoms with E-state index in [2.05, 4.69) is 11.7 Å². The highest BCUT2D eigenvalue weighted by Gasteiger charge is 2.25. The summed E-state index contributed by atoms with van der Waals surface area (Å²) in [7, 11) is 0. The molecule has 0 aliphatic carbocycles. The van der Waals surface area contributed by atoms with E-state index in [0.717, 1.165) is 12.0 Å². The second-order valence-electron chi connectivity index (χ2n) is 5.15. The van der Waals surface area contributed by atoms with Crippen molar-refractivity contribution >= 4 is 17.3 Å². The minimum absolute atomic E-state index is 0.112. The Kier molecular flexibility index (Phi) is 5.92. The van der Waals surface area contributed by atoms with Gasteiger partial charge in [-0.3, -0.25) is 4.79 Å². The van der Waals surface area contributed by atoms with Gasteiger partial charge in [-0.15, -0.1) is 11.3 Å². The zero-order chi connectivity index (χ0) is 17.7. The SMILES string of the molecule is C=C(CC)CCn1nc(-c2cccs2)c(O)c(C(=O)OCC)c1=O. The molecule has 6 nitrogen and oxygen atoms in total. The molecule has 0 unspecified atom stereocenters. The molecule has 1 N–H and O–H groups in total. The van der Waals surface area contributed by atoms with E-state index < -0.39 is 17.3 Å². The molecule has 0 bridgehead atoms. The van der Waals surface area contributed by atoms with Gasteiger partial charge in [-0.1, -0.05) is 25.1 Å². The average Bonchev–Trinajstić information content (AvgIpc) is 3.08. The first-order valence-corrected chi connectivity index (χ1v) is 8.59. The molecule has 0 fully saturated rings. The molecule has 2 rings (SSSR count). The molecule has 0 amide bonds. The number of carbonyl (C=O) groups excluding carboxylic acids is 1. The smallest absolute Gasteiger partial charge is 0.347 e. The Hall–Kier alpha value is -2.41. The summed E-state index contributed by atoms with van der Waals surface area (Å²) in [5.74, 6) is -1.28. The number of aromatic hydroxyl groups is 1. The molecule has 0 atom stereocenters. The summed E-state index contributed by atoms with van der Waals surface area (Å²) in [5, 5.41) is 16.5. The Morgan fingerprint density at radius 3 is 2.79 bits per heavy atom. The van der Waals surface area contributed by atoms with Crippen molar-refractivity contribution in [2.75, 3.05) is 6.61 Å². The van der Waals surface area contributed by atoms with Gasteiger partial charge in [0, 0.05) is 6.54 Å². The summed E-state index contributed by atoms with van der Waals surface area (Å²) in [5.41, 5.74) is 0.148. The number of hydrogen-bond donors (Lipinski definition) is 1. The highest BCUT2D eigenvalue weighted by atomic mass is 32.1. The summed E-state index contributed by atoms with van der Waals surface area (Å²) in [6, 6.07) is 3.57. The Balaban J connectivity index is 2.56. The number of esters is 1. The van der Waals surface area contributed by atoms with Crippen molar-refractivity contribution in [1.29, 1.82) is 0 Å². The van der Waals surface area contributed by atoms with Crippen molar-refractivity contribution in [1.82, 2.24) is 9.78 Å². The lowest BCUT2D eigenvalue weighted by Gasteiger charge is -2.12. The van der Waals surface area contributed by atoms with Gasteiger partial charge >= 0.3 is 5.97 Å². The first-order valence-electron chi connectivity index (χ1n) is 7.71. The van der Waals surface area contributed by atoms with Crippen LogP contribution in [0.25, 0.3) is 10.6 Å². The van der Waals surface area contributed by atoms with E-state index in [1.807, 2.05) is 12.3 Å². The molecule has 7 heteroatoms. The second-order valence-corrected chi connectivity index (χ2v) is 6.10. The summed E-state index contributed by atoms with van der Waals surface area (Å²) >= 11 is 1.36. The largest absolute Gasteiger partial charge is 0.505 e. The minimum atomic E-state index is -0.844. The van der Waals surface area contributed by atoms with E-state index in [9.17, 15) is 14.7 Å². The van der Waals surface area contributed by atoms with Gasteiger partial charge in [0.25, 0.3) is 5.56 Å². The lowest BCUT2D eigenvalue weighted by atomic mass is 10.1. The molecule has 0 spiro atoms. The maximum atomic E-state index is 12.5. The third-order valence-electron chi connectivity index (χ3n) is 3.54. The van der Waals surface area contributed by atoms with Gasteiger partial charge < -0.3 is 9.84 Å². The summed E-state index contributed by atoms with van der Waals surface area (Å²) in [4.78, 5) is 25.3. The van der Waals surface area contributed by atoms with Crippen LogP contribution in [0.2, 0.25) is 0 Å². The molecular formula is C17H20N2O4S. The van der Waals surface area contributed by atoms with E-state index in [0.29, 0.717) is 11.3 Å². The van der Waals surface area contributed by atoms with E-state index in [1.54, 1.807) is 19.1 Å². The van der Waals surface area contributed by atoms with Crippen molar-refractivity contribution in [3.05, 3.63) is 45.6 Å². The molecule has 24 heavy (non-hydrogen) atoms. The number of carbonyl (C=O) groups is 1. The third-order valence-corrected chi connectivity index (χ3v) is 4.42. The molecule has 0 radical (unpaired) electrons. The predicted octanol–water partition coefficient (Wildman–Crippen LogP) is 3.21. The van der Waals surface area contributed by atoms with Crippen LogP contribution in [0.15, 0.2) is 34.5 Å². The van der Waals surface area contributed by atoms with E-state index in [-0.39, 0.29) is 24.4 Å². The fraction of sp³-hybridized carbons (Fsp3) is 0.353. The number of rotatable bonds is 7. The van der Waals surface area contributed by atoms with E-state index in [1.165, 1.54) is 16.0 Å². The molecular weight excluding hydrogens is 328 g/mol. The monoisotopic (exact) mass is 348 g/mol. The second kappa shape index (κ2) is 7.92. The molecule has 0 aliphatic rings. The number of hydrogen-bond acceptors (Lipinski definition) is 6. The highest BCUT2D eigenvalue weighted by molar-refractivity contribution is 7.13. The first-order chi connectivity index (χ1) is 11.5. The number of thiophene rings is 1. The lowest BCUT2D eigenvalue weighted by Crippen LogP contribution is -2.30. The fourth-order valence-corrected chi connectivity index (χ4v) is 2.83. The fourth-order valence-electron chi connectivity index (χ4n) is 2.12. The molecule has 0 aliphatic heterocycles. The Bertz CT molecular complexity index is 794. The molecule has 0 saturated carbocycles. The molecule has 0 aromatic carbocycles. The van der Waals surface area contributed by atoms with Crippen molar-refractivity contribution in [2.45, 2.75) is 33.2 Å². The molecule has 2 heterocycles. The maximum Gasteiger partial charge on any atom is 0.347 e. The number of aromatic nitrogens is 2. The van der Waals surface area contributed by atoms with Crippen molar-refractivity contribution in [3.8, 4) is 16.3 Å². The van der Waals surface area contributed by atoms with E-state index >= 15 is 0 Å². The number of ether oxygens (including phenoxy) is 1. The van der Waals surface area contributed by atoms with Crippen molar-refractivity contribution < 1.29 is 14.6 Å². The number of allylic oxidation sites excluding steroid dienone is 1. The predicted molar refractivity (Wildman–Crippen MR) is 93.5 cm³/mol. The van der Waals surface area contributed by atoms with Gasteiger partial charge in [-0.2, -0.15) is 5.10 Å². The van der Waals surface area contributed by atoms with Crippen molar-refractivity contribution in [2.24, 2.45) is 0 Å². The number of nitrogens with zero attached hydrogens (tertiary/aromatic N) is 2. The molecule has 128 valence electrons. The van der Waals surface area contributed by atoms with Gasteiger partial charge in [0.05, 0.1) is 11.5 Å². The van der Waals surface area contributed by atoms with Crippen LogP contribution in [0.5, 0.6) is 5.75 Å². The van der Waals surface area contributed by atoms with Crippen LogP contribution in [0, 0.1) is 0 Å². The van der Waals surface area contributed by atoms with Crippen LogP contribution < -0.4 is 5.56 Å². The minimum Gasteiger partial charge on any atom is -0.505 e. The number of aryl methyl sites for hydroxylation is 1. The summed E-state index contributed by atoms with van der Waals surface area (Å²) < 4.78 is 6.11. The van der Waals surface area contributed by atoms with Gasteiger partial charge in [-0.05, 0) is 31.2 Å². The molecule has 0 saturated heterocycles. The van der Waals surface area contributed by atoms with Crippen LogP contribution in [-0.4, -0.2) is 27.5 Å². The summed E-state index contributed by atoms with van der Waals surface area (Å²) in [6.45, 7) is 7.93. The van der Waals surface area contributed by atoms with Crippen molar-refractivity contribution in [3.63, 3.8) is 0 Å². The van der Waals surface area contributed by atoms with Gasteiger partial charge in [0.1, 0.15) is 5.69 Å². The third kappa shape index (κ3) is 3.73. The van der Waals surface area contributed by atoms with Gasteiger partial charge in [-0.25, -0.2) is 9.48 Å². The van der Waals surface area contributed by atoms with Crippen LogP contribution in [0.3, 0.4) is 0 Å². The zero-order valence-corrected chi connectivity index (χ0v) is 14.6. The average molecular weight is 348 g/mol. The quantitative estimate of drug-likeness (QED) is 0.614. The lowest BCUT2D eigenvalue weighted by molar-refractivity contribution is 0.0519. The van der Waals surface area contributed by atoms with Crippen LogP contribution in [-0.2, 0) is 11.3 Å². The molecule has 2 aromatic heterocycles. The molecule has 2 aromatic rings. The van der Waals surface area contributed by atoms with Crippen LogP contribution in [0.1, 0.15) is 37.0 Å². The summed E-state index contributed by atoms with van der Waals surface area (Å²) in [6.07, 6.45) is 1.37. The van der Waals surface area contributed by atoms with E-state index in [4.69, 9.17) is 4.74 Å². The van der Waals surface area contributed by atoms with Gasteiger partial charge in [0.2, 0.25) is 0 Å². The van der Waals surface area contributed by atoms with Gasteiger partial charge in [0.15, 0.2) is 11.3 Å². The first kappa shape index (κ1) is 17.9. The standard InChI is InChI=1S/C17H20N2O4S/c1-4-11(3)8-9-19-16(21)13(17(22)23-5-2)15(20)14(18-19)12-7-6-10-24-12/h6-7,10,20H,3-5,8-9H2,1-2H3. The normalized spacial score (nSPS) is 10.6. The Morgan fingerprint density at radius 1 is 1.46 bits per heavy atom. The maximum absolute atomic E-state index is 12.5.